The van der Waals surface area contributed by atoms with Crippen molar-refractivity contribution >= 4 is 11.8 Å². The lowest BCUT2D eigenvalue weighted by Gasteiger charge is -2.43. The molecular formula is C19H24F2N2O3. The molecule has 2 aliphatic rings. The number of halogens is 2. The fourth-order valence-corrected chi connectivity index (χ4v) is 3.97. The lowest BCUT2D eigenvalue weighted by molar-refractivity contribution is -0.156. The first-order chi connectivity index (χ1) is 12.3. The Hall–Kier alpha value is -2.02. The quantitative estimate of drug-likeness (QED) is 0.892. The first kappa shape index (κ1) is 18.8. The van der Waals surface area contributed by atoms with Crippen LogP contribution >= 0.6 is 0 Å². The highest BCUT2D eigenvalue weighted by atomic mass is 19.3. The minimum atomic E-state index is -2.81. The number of carbonyl (C=O) groups is 2. The highest BCUT2D eigenvalue weighted by Gasteiger charge is 2.45. The van der Waals surface area contributed by atoms with Gasteiger partial charge in [0.2, 0.25) is 11.8 Å². The number of hydrogen-bond acceptors (Lipinski definition) is 3. The topological polar surface area (TPSA) is 60.9 Å². The van der Waals surface area contributed by atoms with Crippen LogP contribution in [0, 0.1) is 5.92 Å². The van der Waals surface area contributed by atoms with Gasteiger partial charge in [-0.25, -0.2) is 8.78 Å². The van der Waals surface area contributed by atoms with Crippen LogP contribution in [0.1, 0.15) is 37.3 Å². The molecule has 2 heterocycles. The lowest BCUT2D eigenvalue weighted by Crippen LogP contribution is -2.53. The van der Waals surface area contributed by atoms with Gasteiger partial charge in [0.15, 0.2) is 0 Å². The molecule has 1 aromatic rings. The SMILES string of the molecule is CN1C(=O)CCC(C(=O)N2CCC(O)(C(F)F)CC2)C1c1ccccc1. The number of amides is 2. The molecule has 3 rings (SSSR count). The van der Waals surface area contributed by atoms with Crippen LogP contribution < -0.4 is 0 Å². The molecule has 0 saturated carbocycles. The predicted octanol–water partition coefficient (Wildman–Crippen LogP) is 2.21. The van der Waals surface area contributed by atoms with Gasteiger partial charge in [0.05, 0.1) is 12.0 Å². The van der Waals surface area contributed by atoms with Crippen molar-refractivity contribution in [2.75, 3.05) is 20.1 Å². The highest BCUT2D eigenvalue weighted by molar-refractivity contribution is 5.85. The van der Waals surface area contributed by atoms with Crippen LogP contribution in [0.4, 0.5) is 8.78 Å². The van der Waals surface area contributed by atoms with Gasteiger partial charge >= 0.3 is 0 Å². The van der Waals surface area contributed by atoms with Gasteiger partial charge in [-0.05, 0) is 24.8 Å². The third-order valence-electron chi connectivity index (χ3n) is 5.67. The number of rotatable bonds is 3. The van der Waals surface area contributed by atoms with Gasteiger partial charge in [-0.3, -0.25) is 9.59 Å². The Morgan fingerprint density at radius 3 is 2.42 bits per heavy atom. The molecule has 1 aromatic carbocycles. The first-order valence-electron chi connectivity index (χ1n) is 8.93. The fourth-order valence-electron chi connectivity index (χ4n) is 3.97. The predicted molar refractivity (Wildman–Crippen MR) is 91.4 cm³/mol. The second-order valence-electron chi connectivity index (χ2n) is 7.23. The number of benzene rings is 1. The third-order valence-corrected chi connectivity index (χ3v) is 5.67. The second kappa shape index (κ2) is 7.31. The average Bonchev–Trinajstić information content (AvgIpc) is 2.64. The zero-order valence-corrected chi connectivity index (χ0v) is 14.8. The Morgan fingerprint density at radius 1 is 1.23 bits per heavy atom. The molecule has 26 heavy (non-hydrogen) atoms. The van der Waals surface area contributed by atoms with Gasteiger partial charge < -0.3 is 14.9 Å². The van der Waals surface area contributed by atoms with Crippen molar-refractivity contribution in [2.45, 2.75) is 43.8 Å². The second-order valence-corrected chi connectivity index (χ2v) is 7.23. The highest BCUT2D eigenvalue weighted by Crippen LogP contribution is 2.38. The molecule has 2 fully saturated rings. The Labute approximate surface area is 151 Å². The number of carbonyl (C=O) groups excluding carboxylic acids is 2. The van der Waals surface area contributed by atoms with E-state index in [1.807, 2.05) is 30.3 Å². The molecule has 0 aromatic heterocycles. The number of hydrogen-bond donors (Lipinski definition) is 1. The molecule has 5 nitrogen and oxygen atoms in total. The molecule has 142 valence electrons. The summed E-state index contributed by atoms with van der Waals surface area (Å²) in [4.78, 5) is 28.4. The molecule has 2 saturated heterocycles. The van der Waals surface area contributed by atoms with Gasteiger partial charge in [-0.15, -0.1) is 0 Å². The summed E-state index contributed by atoms with van der Waals surface area (Å²) < 4.78 is 25.9. The molecule has 2 aliphatic heterocycles. The van der Waals surface area contributed by atoms with Crippen molar-refractivity contribution in [1.29, 1.82) is 0 Å². The molecule has 0 spiro atoms. The van der Waals surface area contributed by atoms with Gasteiger partial charge in [0.1, 0.15) is 5.60 Å². The van der Waals surface area contributed by atoms with Crippen molar-refractivity contribution in [2.24, 2.45) is 5.92 Å². The Balaban J connectivity index is 1.78. The monoisotopic (exact) mass is 366 g/mol. The van der Waals surface area contributed by atoms with Gasteiger partial charge in [0, 0.05) is 26.6 Å². The number of piperidine rings is 2. The lowest BCUT2D eigenvalue weighted by atomic mass is 9.82. The van der Waals surface area contributed by atoms with Crippen molar-refractivity contribution in [1.82, 2.24) is 9.80 Å². The standard InChI is InChI=1S/C19H24F2N2O3/c1-22-15(24)8-7-14(16(22)13-5-3-2-4-6-13)17(25)23-11-9-19(26,10-12-23)18(20)21/h2-6,14,16,18,26H,7-12H2,1H3. The average molecular weight is 366 g/mol. The summed E-state index contributed by atoms with van der Waals surface area (Å²) in [7, 11) is 1.70. The van der Waals surface area contributed by atoms with Crippen molar-refractivity contribution in [3.63, 3.8) is 0 Å². The molecule has 7 heteroatoms. The zero-order chi connectivity index (χ0) is 18.9. The maximum Gasteiger partial charge on any atom is 0.266 e. The summed E-state index contributed by atoms with van der Waals surface area (Å²) in [6.45, 7) is 0.213. The Bertz CT molecular complexity index is 660. The normalized spacial score (nSPS) is 26.3. The van der Waals surface area contributed by atoms with Crippen molar-refractivity contribution in [3.05, 3.63) is 35.9 Å². The first-order valence-corrected chi connectivity index (χ1v) is 8.93. The smallest absolute Gasteiger partial charge is 0.266 e. The van der Waals surface area contributed by atoms with Gasteiger partial charge in [0.25, 0.3) is 6.43 Å². The van der Waals surface area contributed by atoms with Crippen molar-refractivity contribution in [3.8, 4) is 0 Å². The van der Waals surface area contributed by atoms with E-state index in [4.69, 9.17) is 0 Å². The summed E-state index contributed by atoms with van der Waals surface area (Å²) in [5, 5.41) is 9.92. The van der Waals surface area contributed by atoms with E-state index in [1.165, 1.54) is 0 Å². The summed E-state index contributed by atoms with van der Waals surface area (Å²) >= 11 is 0. The van der Waals surface area contributed by atoms with Crippen LogP contribution in [0.3, 0.4) is 0 Å². The largest absolute Gasteiger partial charge is 0.384 e. The Morgan fingerprint density at radius 2 is 1.85 bits per heavy atom. The minimum absolute atomic E-state index is 0.00590. The van der Waals surface area contributed by atoms with Crippen LogP contribution in [-0.2, 0) is 9.59 Å². The van der Waals surface area contributed by atoms with E-state index in [9.17, 15) is 23.5 Å². The van der Waals surface area contributed by atoms with Crippen LogP contribution in [0.2, 0.25) is 0 Å². The van der Waals surface area contributed by atoms with Crippen LogP contribution in [0.5, 0.6) is 0 Å². The van der Waals surface area contributed by atoms with Crippen LogP contribution in [-0.4, -0.2) is 58.9 Å². The molecule has 0 aliphatic carbocycles. The number of likely N-dealkylation sites (tertiary alicyclic amines) is 2. The number of nitrogens with zero attached hydrogens (tertiary/aromatic N) is 2. The van der Waals surface area contributed by atoms with Crippen LogP contribution in [0.15, 0.2) is 30.3 Å². The van der Waals surface area contributed by atoms with E-state index in [1.54, 1.807) is 16.8 Å². The number of alkyl halides is 2. The summed E-state index contributed by atoms with van der Waals surface area (Å²) in [5.41, 5.74) is -1.11. The summed E-state index contributed by atoms with van der Waals surface area (Å²) in [5.74, 6) is -0.541. The molecule has 0 bridgehead atoms. The summed E-state index contributed by atoms with van der Waals surface area (Å²) in [6.07, 6.45) is -2.33. The van der Waals surface area contributed by atoms with E-state index in [0.29, 0.717) is 12.8 Å². The molecular weight excluding hydrogens is 342 g/mol. The third kappa shape index (κ3) is 3.45. The zero-order valence-electron chi connectivity index (χ0n) is 14.8. The molecule has 2 atom stereocenters. The van der Waals surface area contributed by atoms with Gasteiger partial charge in [-0.2, -0.15) is 0 Å². The molecule has 2 amide bonds. The van der Waals surface area contributed by atoms with E-state index in [-0.39, 0.29) is 43.8 Å². The van der Waals surface area contributed by atoms with Crippen molar-refractivity contribution < 1.29 is 23.5 Å². The van der Waals surface area contributed by atoms with E-state index in [2.05, 4.69) is 0 Å². The minimum Gasteiger partial charge on any atom is -0.384 e. The Kier molecular flexibility index (Phi) is 5.27. The van der Waals surface area contributed by atoms with E-state index >= 15 is 0 Å². The van der Waals surface area contributed by atoms with Gasteiger partial charge in [-0.1, -0.05) is 30.3 Å². The van der Waals surface area contributed by atoms with E-state index < -0.39 is 17.9 Å². The molecule has 0 radical (unpaired) electrons. The maximum absolute atomic E-state index is 13.1. The number of aliphatic hydroxyl groups is 1. The van der Waals surface area contributed by atoms with Crippen LogP contribution in [0.25, 0.3) is 0 Å². The maximum atomic E-state index is 13.1. The molecule has 2 unspecified atom stereocenters. The van der Waals surface area contributed by atoms with E-state index in [0.717, 1.165) is 5.56 Å². The fraction of sp³-hybridized carbons (Fsp3) is 0.579. The molecule has 1 N–H and O–H groups in total. The summed E-state index contributed by atoms with van der Waals surface area (Å²) in [6, 6.07) is 9.04.